The third kappa shape index (κ3) is 13.5. The lowest BCUT2D eigenvalue weighted by molar-refractivity contribution is -0.149. The predicted molar refractivity (Wildman–Crippen MR) is 249 cm³/mol. The van der Waals surface area contributed by atoms with E-state index in [1.165, 1.54) is 19.1 Å². The van der Waals surface area contributed by atoms with Crippen molar-refractivity contribution in [1.29, 1.82) is 0 Å². The van der Waals surface area contributed by atoms with Gasteiger partial charge in [-0.05, 0) is 82.6 Å². The molecule has 2 aliphatic heterocycles. The molecule has 0 spiro atoms. The Kier molecular flexibility index (Phi) is 19.6. The Hall–Kier alpha value is -4.57. The Morgan fingerprint density at radius 1 is 0.909 bits per heavy atom. The maximum atomic E-state index is 14.7. The number of ether oxygens (including phenoxy) is 3. The van der Waals surface area contributed by atoms with E-state index >= 15 is 0 Å². The number of methoxy groups -OCH3 is 2. The van der Waals surface area contributed by atoms with Crippen LogP contribution < -0.4 is 5.32 Å². The van der Waals surface area contributed by atoms with Gasteiger partial charge in [-0.1, -0.05) is 71.4 Å². The molecule has 5 amide bonds. The maximum absolute atomic E-state index is 14.7. The Balaban J connectivity index is 1.46. The van der Waals surface area contributed by atoms with E-state index in [1.807, 2.05) is 58.0 Å². The molecule has 16 heteroatoms. The molecule has 66 heavy (non-hydrogen) atoms. The summed E-state index contributed by atoms with van der Waals surface area (Å²) in [5.74, 6) is -4.52. The van der Waals surface area contributed by atoms with E-state index in [1.54, 1.807) is 56.5 Å². The summed E-state index contributed by atoms with van der Waals surface area (Å²) in [6.07, 6.45) is 2.33. The van der Waals surface area contributed by atoms with E-state index < -0.39 is 65.9 Å². The van der Waals surface area contributed by atoms with E-state index in [9.17, 15) is 38.7 Å². The largest absolute Gasteiger partial charge is 0.481 e. The van der Waals surface area contributed by atoms with Crippen molar-refractivity contribution in [3.05, 3.63) is 35.9 Å². The molecule has 1 saturated carbocycles. The molecule has 1 aliphatic carbocycles. The number of nitrogens with one attached hydrogen (secondary N) is 1. The van der Waals surface area contributed by atoms with Gasteiger partial charge in [0, 0.05) is 66.2 Å². The third-order valence-electron chi connectivity index (χ3n) is 14.2. The molecule has 2 N–H and O–H groups in total. The van der Waals surface area contributed by atoms with Gasteiger partial charge in [0.25, 0.3) is 0 Å². The van der Waals surface area contributed by atoms with E-state index in [0.717, 1.165) is 18.4 Å². The maximum Gasteiger partial charge on any atom is 0.410 e. The molecule has 0 radical (unpaired) electrons. The fraction of sp³-hybridized carbons (Fsp3) is 0.740. The van der Waals surface area contributed by atoms with Gasteiger partial charge in [0.05, 0.1) is 36.6 Å². The first kappa shape index (κ1) is 54.0. The summed E-state index contributed by atoms with van der Waals surface area (Å²) in [5, 5.41) is 13.1. The van der Waals surface area contributed by atoms with Crippen molar-refractivity contribution in [2.24, 2.45) is 29.6 Å². The second kappa shape index (κ2) is 23.9. The number of carboxylic acid groups (broad SMARTS) is 1. The van der Waals surface area contributed by atoms with Gasteiger partial charge in [-0.3, -0.25) is 28.8 Å². The molecular formula is C50H79N5O11. The van der Waals surface area contributed by atoms with Crippen LogP contribution in [0.3, 0.4) is 0 Å². The number of likely N-dealkylation sites (N-methyl/N-ethyl adjacent to an activating group) is 1. The molecule has 1 aromatic carbocycles. The van der Waals surface area contributed by atoms with Crippen LogP contribution in [-0.2, 0) is 49.4 Å². The number of hydrogen-bond acceptors (Lipinski definition) is 10. The SMILES string of the molecule is CC[C@H](C)[C@@H]([C@@H](CC(=O)N1CCC[C@H]1[C@H](OC)[C@@H](C)C(=O)C[C@@H](Cc1ccccc1)C(=O)O)OC)N(C)C(=O)[C@@H](NC(=O)[C@@H]1[C@H]2CC[C@@H](C2)N1C(=O)CCN(C)C(=O)OC(C)(C)C)C(C)C. The van der Waals surface area contributed by atoms with Crippen LogP contribution in [0.1, 0.15) is 119 Å². The van der Waals surface area contributed by atoms with Crippen molar-refractivity contribution < 1.29 is 52.9 Å². The molecule has 1 aromatic rings. The number of rotatable bonds is 23. The normalized spacial score (nSPS) is 22.5. The highest BCUT2D eigenvalue weighted by atomic mass is 16.6. The number of likely N-dealkylation sites (tertiary alicyclic amines) is 2. The van der Waals surface area contributed by atoms with Crippen LogP contribution in [0.4, 0.5) is 4.79 Å². The van der Waals surface area contributed by atoms with Gasteiger partial charge in [-0.15, -0.1) is 0 Å². The average molecular weight is 926 g/mol. The molecule has 16 nitrogen and oxygen atoms in total. The molecule has 2 heterocycles. The minimum absolute atomic E-state index is 0.0234. The number of carbonyl (C=O) groups excluding carboxylic acids is 6. The van der Waals surface area contributed by atoms with Crippen LogP contribution >= 0.6 is 0 Å². The number of hydrogen-bond donors (Lipinski definition) is 2. The van der Waals surface area contributed by atoms with Crippen molar-refractivity contribution in [3.63, 3.8) is 0 Å². The molecule has 3 fully saturated rings. The highest BCUT2D eigenvalue weighted by Crippen LogP contribution is 2.43. The second-order valence-electron chi connectivity index (χ2n) is 20.3. The minimum Gasteiger partial charge on any atom is -0.481 e. The molecule has 4 rings (SSSR count). The van der Waals surface area contributed by atoms with Gasteiger partial charge in [0.15, 0.2) is 0 Å². The molecule has 370 valence electrons. The highest BCUT2D eigenvalue weighted by molar-refractivity contribution is 5.93. The lowest BCUT2D eigenvalue weighted by Gasteiger charge is -2.41. The molecular weight excluding hydrogens is 847 g/mol. The molecule has 11 atom stereocenters. The van der Waals surface area contributed by atoms with Gasteiger partial charge in [0.2, 0.25) is 23.6 Å². The summed E-state index contributed by atoms with van der Waals surface area (Å²) in [4.78, 5) is 102. The summed E-state index contributed by atoms with van der Waals surface area (Å²) in [5.41, 5.74) is 0.147. The lowest BCUT2D eigenvalue weighted by Crippen LogP contribution is -2.60. The van der Waals surface area contributed by atoms with Gasteiger partial charge in [-0.25, -0.2) is 4.79 Å². The summed E-state index contributed by atoms with van der Waals surface area (Å²) >= 11 is 0. The summed E-state index contributed by atoms with van der Waals surface area (Å²) in [6, 6.07) is 6.45. The fourth-order valence-corrected chi connectivity index (χ4v) is 10.4. The zero-order chi connectivity index (χ0) is 49.2. The fourth-order valence-electron chi connectivity index (χ4n) is 10.4. The van der Waals surface area contributed by atoms with Gasteiger partial charge in [-0.2, -0.15) is 0 Å². The van der Waals surface area contributed by atoms with Crippen LogP contribution in [0.15, 0.2) is 30.3 Å². The smallest absolute Gasteiger partial charge is 0.410 e. The number of fused-ring (bicyclic) bond motifs is 2. The van der Waals surface area contributed by atoms with Crippen molar-refractivity contribution in [2.45, 2.75) is 168 Å². The Morgan fingerprint density at radius 2 is 1.58 bits per heavy atom. The molecule has 2 bridgehead atoms. The van der Waals surface area contributed by atoms with Crippen LogP contribution in [0.25, 0.3) is 0 Å². The number of carboxylic acids is 1. The number of ketones is 1. The predicted octanol–water partition coefficient (Wildman–Crippen LogP) is 5.59. The summed E-state index contributed by atoms with van der Waals surface area (Å²) in [6.45, 7) is 15.4. The topological polar surface area (TPSA) is 192 Å². The molecule has 0 unspecified atom stereocenters. The number of piperidine rings is 1. The summed E-state index contributed by atoms with van der Waals surface area (Å²) in [7, 11) is 6.29. The molecule has 0 aromatic heterocycles. The van der Waals surface area contributed by atoms with Crippen molar-refractivity contribution in [3.8, 4) is 0 Å². The zero-order valence-electron chi connectivity index (χ0n) is 41.6. The van der Waals surface area contributed by atoms with E-state index in [2.05, 4.69) is 5.32 Å². The molecule has 2 saturated heterocycles. The lowest BCUT2D eigenvalue weighted by atomic mass is 9.85. The minimum atomic E-state index is -1.05. The monoisotopic (exact) mass is 926 g/mol. The Labute approximate surface area is 392 Å². The van der Waals surface area contributed by atoms with E-state index in [0.29, 0.717) is 32.2 Å². The van der Waals surface area contributed by atoms with E-state index in [4.69, 9.17) is 14.2 Å². The highest BCUT2D eigenvalue weighted by Gasteiger charge is 2.52. The number of amides is 5. The van der Waals surface area contributed by atoms with Crippen LogP contribution in [-0.4, -0.2) is 156 Å². The van der Waals surface area contributed by atoms with Crippen molar-refractivity contribution in [2.75, 3.05) is 41.4 Å². The zero-order valence-corrected chi connectivity index (χ0v) is 41.6. The quantitative estimate of drug-likeness (QED) is 0.139. The molecule has 3 aliphatic rings. The number of Topliss-reactive ketones (excluding diaryl/α,β-unsaturated/α-hetero) is 1. The first-order valence-corrected chi connectivity index (χ1v) is 24.0. The summed E-state index contributed by atoms with van der Waals surface area (Å²) < 4.78 is 17.4. The first-order valence-electron chi connectivity index (χ1n) is 24.0. The number of carbonyl (C=O) groups is 7. The number of nitrogens with zero attached hydrogens (tertiary/aromatic N) is 4. The number of aliphatic carboxylic acids is 1. The van der Waals surface area contributed by atoms with Gasteiger partial charge >= 0.3 is 12.1 Å². The van der Waals surface area contributed by atoms with Gasteiger partial charge < -0.3 is 44.2 Å². The van der Waals surface area contributed by atoms with Crippen LogP contribution in [0.2, 0.25) is 0 Å². The number of benzene rings is 1. The van der Waals surface area contributed by atoms with Crippen LogP contribution in [0.5, 0.6) is 0 Å². The van der Waals surface area contributed by atoms with Gasteiger partial charge in [0.1, 0.15) is 23.5 Å². The Bertz CT molecular complexity index is 1840. The van der Waals surface area contributed by atoms with E-state index in [-0.39, 0.29) is 85.4 Å². The average Bonchev–Trinajstić information content (AvgIpc) is 4.04. The van der Waals surface area contributed by atoms with Crippen molar-refractivity contribution in [1.82, 2.24) is 24.9 Å². The Morgan fingerprint density at radius 3 is 2.15 bits per heavy atom. The van der Waals surface area contributed by atoms with Crippen molar-refractivity contribution >= 4 is 41.5 Å². The standard InChI is InChI=1S/C50H79N5O11/c1-13-31(4)43(39(64-11)29-41(58)54-24-17-20-37(54)45(65-12)32(5)38(56)28-35(48(61)62)26-33-18-15-14-16-19-33)53(10)47(60)42(30(2)3)51-46(59)44-34-21-22-36(27-34)55(44)40(57)23-25-52(9)49(63)66-50(6,7)8/h14-16,18-19,30-32,34-37,39,42-45H,13,17,20-29H2,1-12H3,(H,51,59)(H,61,62)/t31-,32-,34-,35+,36-,37-,39+,42-,43-,44-,45+/m0/s1. The first-order chi connectivity index (χ1) is 31.0. The second-order valence-corrected chi connectivity index (χ2v) is 20.3. The van der Waals surface area contributed by atoms with Crippen LogP contribution in [0, 0.1) is 29.6 Å². The third-order valence-corrected chi connectivity index (χ3v) is 14.2.